The summed E-state index contributed by atoms with van der Waals surface area (Å²) < 4.78 is 34.3. The van der Waals surface area contributed by atoms with Crippen LogP contribution >= 0.6 is 37.2 Å². The van der Waals surface area contributed by atoms with Gasteiger partial charge in [0.15, 0.2) is 23.0 Å². The maximum atomic E-state index is 6.19. The Morgan fingerprint density at radius 2 is 1.80 bits per heavy atom. The lowest BCUT2D eigenvalue weighted by Crippen LogP contribution is -2.30. The Morgan fingerprint density at radius 1 is 0.951 bits per heavy atom. The molecule has 3 heterocycles. The van der Waals surface area contributed by atoms with Crippen molar-refractivity contribution in [2.45, 2.75) is 13.0 Å². The minimum atomic E-state index is 0. The average molecular weight is 635 g/mol. The second kappa shape index (κ2) is 17.4. The van der Waals surface area contributed by atoms with Gasteiger partial charge in [-0.3, -0.25) is 0 Å². The summed E-state index contributed by atoms with van der Waals surface area (Å²) in [6.07, 6.45) is 2.41. The fourth-order valence-electron chi connectivity index (χ4n) is 4.39. The highest BCUT2D eigenvalue weighted by Gasteiger charge is 2.23. The van der Waals surface area contributed by atoms with Crippen LogP contribution in [0.4, 0.5) is 11.5 Å². The summed E-state index contributed by atoms with van der Waals surface area (Å²) in [6, 6.07) is 7.85. The molecular weight excluding hydrogens is 597 g/mol. The van der Waals surface area contributed by atoms with Gasteiger partial charge in [-0.05, 0) is 37.7 Å². The van der Waals surface area contributed by atoms with Gasteiger partial charge in [0.2, 0.25) is 6.79 Å². The lowest BCUT2D eigenvalue weighted by Gasteiger charge is -2.21. The molecule has 2 aliphatic rings. The minimum absolute atomic E-state index is 0. The van der Waals surface area contributed by atoms with Crippen molar-refractivity contribution in [3.63, 3.8) is 0 Å². The van der Waals surface area contributed by atoms with Gasteiger partial charge in [0.05, 0.1) is 37.6 Å². The molecule has 2 N–H and O–H groups in total. The Morgan fingerprint density at radius 3 is 2.66 bits per heavy atom. The highest BCUT2D eigenvalue weighted by molar-refractivity contribution is 5.94. The van der Waals surface area contributed by atoms with Gasteiger partial charge in [0, 0.05) is 38.2 Å². The molecule has 0 unspecified atom stereocenters. The van der Waals surface area contributed by atoms with E-state index in [1.54, 1.807) is 13.4 Å². The number of benzene rings is 2. The van der Waals surface area contributed by atoms with E-state index in [1.807, 2.05) is 18.2 Å². The van der Waals surface area contributed by atoms with Gasteiger partial charge in [-0.1, -0.05) is 6.07 Å². The number of likely N-dealkylation sites (N-methyl/N-ethyl adjacent to an activating group) is 1. The summed E-state index contributed by atoms with van der Waals surface area (Å²) in [7, 11) is 3.76. The molecule has 0 aliphatic carbocycles. The second-order valence-corrected chi connectivity index (χ2v) is 9.14. The molecule has 0 fully saturated rings. The van der Waals surface area contributed by atoms with E-state index >= 15 is 0 Å². The standard InChI is InChI=1S/C27H35N5O6.3ClH/c1-32-8-7-28-6-3-9-35-23-14-20-21(15-24(23)36-13-12-34-11-10-33-2)29-17-30-27(20)31-25-19(16-32)4-5-22-26(25)38-18-37-22;;;/h4-5,14-15,17,28H,3,6-13,16,18H2,1-2H3,(H,29,30,31);3*1H. The van der Waals surface area contributed by atoms with Crippen LogP contribution in [0.5, 0.6) is 23.0 Å². The molecule has 5 rings (SSSR count). The molecule has 228 valence electrons. The molecule has 41 heavy (non-hydrogen) atoms. The zero-order chi connectivity index (χ0) is 26.2. The van der Waals surface area contributed by atoms with Crippen molar-refractivity contribution in [3.05, 3.63) is 36.2 Å². The van der Waals surface area contributed by atoms with E-state index in [4.69, 9.17) is 28.4 Å². The van der Waals surface area contributed by atoms with E-state index < -0.39 is 0 Å². The van der Waals surface area contributed by atoms with Crippen LogP contribution in [0.25, 0.3) is 10.9 Å². The summed E-state index contributed by atoms with van der Waals surface area (Å²) in [4.78, 5) is 11.4. The first-order valence-electron chi connectivity index (χ1n) is 12.9. The predicted octanol–water partition coefficient (Wildman–Crippen LogP) is 4.21. The first kappa shape index (κ1) is 34.7. The van der Waals surface area contributed by atoms with Gasteiger partial charge in [-0.2, -0.15) is 0 Å². The number of nitrogens with zero attached hydrogens (tertiary/aromatic N) is 3. The molecule has 0 radical (unpaired) electrons. The number of hydrogen-bond donors (Lipinski definition) is 2. The van der Waals surface area contributed by atoms with Crippen LogP contribution in [-0.2, 0) is 16.0 Å². The number of methoxy groups -OCH3 is 1. The number of anilines is 2. The molecule has 2 aromatic carbocycles. The molecule has 11 nitrogen and oxygen atoms in total. The van der Waals surface area contributed by atoms with Crippen molar-refractivity contribution in [1.82, 2.24) is 20.2 Å². The molecule has 0 saturated heterocycles. The van der Waals surface area contributed by atoms with Gasteiger partial charge >= 0.3 is 0 Å². The van der Waals surface area contributed by atoms with Crippen molar-refractivity contribution < 1.29 is 28.4 Å². The first-order valence-corrected chi connectivity index (χ1v) is 12.9. The smallest absolute Gasteiger partial charge is 0.231 e. The maximum absolute atomic E-state index is 6.19. The van der Waals surface area contributed by atoms with E-state index in [-0.39, 0.29) is 44.0 Å². The molecule has 0 amide bonds. The van der Waals surface area contributed by atoms with Gasteiger partial charge in [-0.25, -0.2) is 9.97 Å². The first-order chi connectivity index (χ1) is 18.7. The molecular formula is C27H38Cl3N5O6. The third-order valence-electron chi connectivity index (χ3n) is 6.35. The number of hydrogen-bond acceptors (Lipinski definition) is 11. The largest absolute Gasteiger partial charge is 0.490 e. The number of halogens is 3. The minimum Gasteiger partial charge on any atom is -0.490 e. The quantitative estimate of drug-likeness (QED) is 0.365. The van der Waals surface area contributed by atoms with Crippen molar-refractivity contribution in [1.29, 1.82) is 0 Å². The SMILES string of the molecule is COCCOCCOc1cc2ncnc3c2cc1OCCCNCCN(C)Cc1ccc2c(c1N3)OCO2.Cl.Cl.Cl. The van der Waals surface area contributed by atoms with Crippen molar-refractivity contribution in [3.8, 4) is 23.0 Å². The molecule has 2 bridgehead atoms. The molecule has 2 aliphatic heterocycles. The van der Waals surface area contributed by atoms with Crippen molar-refractivity contribution in [2.75, 3.05) is 78.9 Å². The van der Waals surface area contributed by atoms with Crippen LogP contribution in [0.3, 0.4) is 0 Å². The molecule has 0 atom stereocenters. The normalized spacial score (nSPS) is 15.0. The molecule has 1 aromatic heterocycles. The summed E-state index contributed by atoms with van der Waals surface area (Å²) >= 11 is 0. The highest BCUT2D eigenvalue weighted by atomic mass is 35.5. The monoisotopic (exact) mass is 633 g/mol. The fraction of sp³-hybridized carbons (Fsp3) is 0.481. The van der Waals surface area contributed by atoms with Gasteiger partial charge in [-0.15, -0.1) is 37.2 Å². The zero-order valence-corrected chi connectivity index (χ0v) is 25.6. The van der Waals surface area contributed by atoms with Crippen molar-refractivity contribution in [2.24, 2.45) is 0 Å². The summed E-state index contributed by atoms with van der Waals surface area (Å²) in [5.41, 5.74) is 2.65. The van der Waals surface area contributed by atoms with E-state index in [1.165, 1.54) is 0 Å². The average Bonchev–Trinajstić information content (AvgIpc) is 3.40. The number of ether oxygens (including phenoxy) is 6. The molecule has 0 spiro atoms. The fourth-order valence-corrected chi connectivity index (χ4v) is 4.39. The molecule has 0 saturated carbocycles. The Balaban J connectivity index is 0.00000196. The Labute approximate surface area is 258 Å². The van der Waals surface area contributed by atoms with E-state index in [0.717, 1.165) is 54.8 Å². The highest BCUT2D eigenvalue weighted by Crippen LogP contribution is 2.44. The van der Waals surface area contributed by atoms with E-state index in [9.17, 15) is 0 Å². The third kappa shape index (κ3) is 8.99. The molecule has 3 aromatic rings. The summed E-state index contributed by atoms with van der Waals surface area (Å²) in [5, 5.41) is 7.84. The Bertz CT molecular complexity index is 1240. The van der Waals surface area contributed by atoms with Crippen LogP contribution in [0.15, 0.2) is 30.6 Å². The zero-order valence-electron chi connectivity index (χ0n) is 23.2. The van der Waals surface area contributed by atoms with Crippen LogP contribution in [-0.4, -0.2) is 88.5 Å². The summed E-state index contributed by atoms with van der Waals surface area (Å²) in [5.74, 6) is 3.30. The van der Waals surface area contributed by atoms with Gasteiger partial charge in [0.1, 0.15) is 18.8 Å². The molecule has 14 heteroatoms. The van der Waals surface area contributed by atoms with Crippen LogP contribution in [0.2, 0.25) is 0 Å². The van der Waals surface area contributed by atoms with Crippen LogP contribution in [0, 0.1) is 0 Å². The van der Waals surface area contributed by atoms with Gasteiger partial charge in [0.25, 0.3) is 0 Å². The maximum Gasteiger partial charge on any atom is 0.231 e. The third-order valence-corrected chi connectivity index (χ3v) is 6.35. The predicted molar refractivity (Wildman–Crippen MR) is 165 cm³/mol. The number of aromatic nitrogens is 2. The number of rotatable bonds is 7. The lowest BCUT2D eigenvalue weighted by molar-refractivity contribution is 0.0539. The number of nitrogens with one attached hydrogen (secondary N) is 2. The van der Waals surface area contributed by atoms with Gasteiger partial charge < -0.3 is 44.0 Å². The van der Waals surface area contributed by atoms with E-state index in [2.05, 4.69) is 38.6 Å². The van der Waals surface area contributed by atoms with Crippen LogP contribution in [0.1, 0.15) is 12.0 Å². The van der Waals surface area contributed by atoms with Crippen LogP contribution < -0.4 is 29.6 Å². The van der Waals surface area contributed by atoms with E-state index in [0.29, 0.717) is 61.9 Å². The number of fused-ring (bicyclic) bond motifs is 4. The Hall–Kier alpha value is -2.51. The van der Waals surface area contributed by atoms with Crippen molar-refractivity contribution >= 4 is 59.6 Å². The Kier molecular flexibility index (Phi) is 14.8. The lowest BCUT2D eigenvalue weighted by atomic mass is 10.1. The second-order valence-electron chi connectivity index (χ2n) is 9.14. The topological polar surface area (TPSA) is 108 Å². The summed E-state index contributed by atoms with van der Waals surface area (Å²) in [6.45, 7) is 6.00.